The SMILES string of the molecule is Cc1ccc(S(=O)(=O)C=CCSc2nnc(-c3cccnc3)o2)cc1. The molecule has 0 N–H and O–H groups in total. The molecule has 0 unspecified atom stereocenters. The van der Waals surface area contributed by atoms with Crippen molar-refractivity contribution in [2.45, 2.75) is 17.0 Å². The summed E-state index contributed by atoms with van der Waals surface area (Å²) in [5, 5.41) is 9.45. The van der Waals surface area contributed by atoms with Gasteiger partial charge >= 0.3 is 0 Å². The highest BCUT2D eigenvalue weighted by Gasteiger charge is 2.10. The maximum absolute atomic E-state index is 12.2. The molecule has 3 aromatic rings. The molecular formula is C17H15N3O3S2. The molecule has 3 rings (SSSR count). The number of pyridine rings is 1. The van der Waals surface area contributed by atoms with E-state index in [0.717, 1.165) is 11.1 Å². The molecule has 0 spiro atoms. The molecule has 0 aliphatic carbocycles. The molecule has 0 atom stereocenters. The fourth-order valence-electron chi connectivity index (χ4n) is 1.97. The number of rotatable bonds is 6. The molecule has 0 saturated heterocycles. The van der Waals surface area contributed by atoms with Crippen LogP contribution in [0.2, 0.25) is 0 Å². The molecule has 0 amide bonds. The Kier molecular flexibility index (Phi) is 5.30. The highest BCUT2D eigenvalue weighted by atomic mass is 32.2. The molecule has 6 nitrogen and oxygen atoms in total. The van der Waals surface area contributed by atoms with Crippen LogP contribution in [-0.2, 0) is 9.84 Å². The smallest absolute Gasteiger partial charge is 0.277 e. The summed E-state index contributed by atoms with van der Waals surface area (Å²) >= 11 is 1.26. The van der Waals surface area contributed by atoms with Crippen molar-refractivity contribution in [2.24, 2.45) is 0 Å². The van der Waals surface area contributed by atoms with Crippen LogP contribution in [-0.4, -0.2) is 29.4 Å². The molecule has 0 bridgehead atoms. The first-order valence-electron chi connectivity index (χ1n) is 7.39. The molecule has 2 aromatic heterocycles. The maximum atomic E-state index is 12.2. The second-order valence-corrected chi connectivity index (χ2v) is 7.96. The van der Waals surface area contributed by atoms with Gasteiger partial charge in [0.2, 0.25) is 5.89 Å². The van der Waals surface area contributed by atoms with Crippen LogP contribution in [0.4, 0.5) is 0 Å². The van der Waals surface area contributed by atoms with E-state index in [0.29, 0.717) is 16.9 Å². The zero-order valence-electron chi connectivity index (χ0n) is 13.4. The van der Waals surface area contributed by atoms with E-state index in [1.54, 1.807) is 48.8 Å². The van der Waals surface area contributed by atoms with E-state index < -0.39 is 9.84 Å². The standard InChI is InChI=1S/C17H15N3O3S2/c1-13-5-7-15(8-6-13)25(21,22)11-3-10-24-17-20-19-16(23-17)14-4-2-9-18-12-14/h2-9,11-12H,10H2,1H3. The van der Waals surface area contributed by atoms with E-state index in [2.05, 4.69) is 15.2 Å². The van der Waals surface area contributed by atoms with Crippen molar-refractivity contribution < 1.29 is 12.8 Å². The Hall–Kier alpha value is -2.45. The number of aryl methyl sites for hydroxylation is 1. The van der Waals surface area contributed by atoms with Crippen LogP contribution in [0.1, 0.15) is 5.56 Å². The molecule has 0 saturated carbocycles. The van der Waals surface area contributed by atoms with Gasteiger partial charge in [0.05, 0.1) is 10.5 Å². The van der Waals surface area contributed by atoms with Crippen LogP contribution < -0.4 is 0 Å². The van der Waals surface area contributed by atoms with Crippen LogP contribution >= 0.6 is 11.8 Å². The molecule has 2 heterocycles. The number of aromatic nitrogens is 3. The van der Waals surface area contributed by atoms with E-state index >= 15 is 0 Å². The Labute approximate surface area is 149 Å². The molecular weight excluding hydrogens is 358 g/mol. The van der Waals surface area contributed by atoms with Gasteiger partial charge in [-0.25, -0.2) is 8.42 Å². The normalized spacial score (nSPS) is 11.9. The summed E-state index contributed by atoms with van der Waals surface area (Å²) in [6.07, 6.45) is 4.86. The third-order valence-corrected chi connectivity index (χ3v) is 5.49. The van der Waals surface area contributed by atoms with Crippen LogP contribution in [0, 0.1) is 6.92 Å². The minimum absolute atomic E-state index is 0.274. The van der Waals surface area contributed by atoms with Crippen LogP contribution in [0.3, 0.4) is 0 Å². The van der Waals surface area contributed by atoms with Gasteiger partial charge in [-0.15, -0.1) is 10.2 Å². The molecule has 8 heteroatoms. The number of hydrogen-bond acceptors (Lipinski definition) is 7. The molecule has 25 heavy (non-hydrogen) atoms. The lowest BCUT2D eigenvalue weighted by Gasteiger charge is -1.99. The summed E-state index contributed by atoms with van der Waals surface area (Å²) in [6, 6.07) is 10.3. The minimum Gasteiger partial charge on any atom is -0.411 e. The Bertz CT molecular complexity index is 966. The van der Waals surface area contributed by atoms with Crippen LogP contribution in [0.25, 0.3) is 11.5 Å². The van der Waals surface area contributed by atoms with Crippen molar-refractivity contribution in [1.82, 2.24) is 15.2 Å². The average molecular weight is 373 g/mol. The Morgan fingerprint density at radius 1 is 1.16 bits per heavy atom. The van der Waals surface area contributed by atoms with Crippen LogP contribution in [0.5, 0.6) is 0 Å². The number of benzene rings is 1. The second-order valence-electron chi connectivity index (χ2n) is 5.16. The predicted molar refractivity (Wildman–Crippen MR) is 95.8 cm³/mol. The Balaban J connectivity index is 1.60. The number of sulfone groups is 1. The maximum Gasteiger partial charge on any atom is 0.277 e. The fraction of sp³-hybridized carbons (Fsp3) is 0.118. The van der Waals surface area contributed by atoms with E-state index in [4.69, 9.17) is 4.42 Å². The van der Waals surface area contributed by atoms with Crippen molar-refractivity contribution in [2.75, 3.05) is 5.75 Å². The summed E-state index contributed by atoms with van der Waals surface area (Å²) in [5.74, 6) is 0.784. The lowest BCUT2D eigenvalue weighted by molar-refractivity contribution is 0.466. The van der Waals surface area contributed by atoms with Gasteiger partial charge in [0, 0.05) is 23.6 Å². The van der Waals surface area contributed by atoms with Crippen molar-refractivity contribution in [3.8, 4) is 11.5 Å². The van der Waals surface area contributed by atoms with Gasteiger partial charge in [0.25, 0.3) is 5.22 Å². The lowest BCUT2D eigenvalue weighted by atomic mass is 10.2. The molecule has 0 aliphatic rings. The highest BCUT2D eigenvalue weighted by Crippen LogP contribution is 2.22. The Morgan fingerprint density at radius 2 is 1.96 bits per heavy atom. The van der Waals surface area contributed by atoms with Crippen LogP contribution in [0.15, 0.2) is 74.8 Å². The molecule has 1 aromatic carbocycles. The third kappa shape index (κ3) is 4.55. The number of hydrogen-bond donors (Lipinski definition) is 0. The zero-order valence-corrected chi connectivity index (χ0v) is 15.0. The summed E-state index contributed by atoms with van der Waals surface area (Å²) in [6.45, 7) is 1.91. The number of thioether (sulfide) groups is 1. The van der Waals surface area contributed by atoms with E-state index in [9.17, 15) is 8.42 Å². The third-order valence-electron chi connectivity index (χ3n) is 3.24. The van der Waals surface area contributed by atoms with Gasteiger partial charge in [-0.1, -0.05) is 35.5 Å². The quantitative estimate of drug-likeness (QED) is 0.611. The van der Waals surface area contributed by atoms with Gasteiger partial charge < -0.3 is 4.42 Å². The van der Waals surface area contributed by atoms with Gasteiger partial charge in [0.1, 0.15) is 0 Å². The van der Waals surface area contributed by atoms with Crippen molar-refractivity contribution in [1.29, 1.82) is 0 Å². The lowest BCUT2D eigenvalue weighted by Crippen LogP contribution is -1.96. The van der Waals surface area contributed by atoms with Gasteiger partial charge in [0.15, 0.2) is 9.84 Å². The molecule has 128 valence electrons. The molecule has 0 aliphatic heterocycles. The summed E-state index contributed by atoms with van der Waals surface area (Å²) in [5.41, 5.74) is 1.75. The first kappa shape index (κ1) is 17.4. The predicted octanol–water partition coefficient (Wildman–Crippen LogP) is 3.52. The topological polar surface area (TPSA) is 86.0 Å². The minimum atomic E-state index is -3.44. The van der Waals surface area contributed by atoms with Gasteiger partial charge in [-0.05, 0) is 31.2 Å². The summed E-state index contributed by atoms with van der Waals surface area (Å²) in [7, 11) is -3.44. The average Bonchev–Trinajstić information content (AvgIpc) is 3.09. The van der Waals surface area contributed by atoms with Crippen molar-refractivity contribution in [3.63, 3.8) is 0 Å². The number of nitrogens with zero attached hydrogens (tertiary/aromatic N) is 3. The first-order chi connectivity index (χ1) is 12.0. The van der Waals surface area contributed by atoms with Crippen molar-refractivity contribution in [3.05, 3.63) is 65.8 Å². The van der Waals surface area contributed by atoms with Gasteiger partial charge in [-0.3, -0.25) is 4.98 Å². The monoisotopic (exact) mass is 373 g/mol. The van der Waals surface area contributed by atoms with E-state index in [1.165, 1.54) is 17.2 Å². The van der Waals surface area contributed by atoms with Crippen molar-refractivity contribution >= 4 is 21.6 Å². The van der Waals surface area contributed by atoms with E-state index in [-0.39, 0.29) is 4.90 Å². The summed E-state index contributed by atoms with van der Waals surface area (Å²) < 4.78 is 29.9. The largest absolute Gasteiger partial charge is 0.411 e. The highest BCUT2D eigenvalue weighted by molar-refractivity contribution is 7.99. The fourth-order valence-corrected chi connectivity index (χ4v) is 3.68. The molecule has 0 fully saturated rings. The first-order valence-corrected chi connectivity index (χ1v) is 9.93. The zero-order chi connectivity index (χ0) is 17.7. The Morgan fingerprint density at radius 3 is 2.68 bits per heavy atom. The second kappa shape index (κ2) is 7.62. The van der Waals surface area contributed by atoms with Gasteiger partial charge in [-0.2, -0.15) is 0 Å². The van der Waals surface area contributed by atoms with E-state index in [1.807, 2.05) is 13.0 Å². The summed E-state index contributed by atoms with van der Waals surface area (Å²) in [4.78, 5) is 4.27. The molecule has 0 radical (unpaired) electrons.